The summed E-state index contributed by atoms with van der Waals surface area (Å²) in [7, 11) is -2.75. The molecule has 0 amide bonds. The Bertz CT molecular complexity index is 987. The van der Waals surface area contributed by atoms with E-state index in [0.29, 0.717) is 25.5 Å². The van der Waals surface area contributed by atoms with Gasteiger partial charge in [-0.15, -0.1) is 0 Å². The van der Waals surface area contributed by atoms with Crippen LogP contribution in [0.3, 0.4) is 0 Å². The van der Waals surface area contributed by atoms with E-state index >= 15 is 0 Å². The Hall–Kier alpha value is -1.28. The molecule has 1 aromatic carbocycles. The van der Waals surface area contributed by atoms with Crippen molar-refractivity contribution < 1.29 is 32.5 Å². The number of methoxy groups -OCH3 is 1. The maximum absolute atomic E-state index is 12.5. The van der Waals surface area contributed by atoms with Crippen LogP contribution >= 0.6 is 19.2 Å². The largest absolute Gasteiger partial charge is 0.527 e. The van der Waals surface area contributed by atoms with Gasteiger partial charge in [0.1, 0.15) is 11.9 Å². The van der Waals surface area contributed by atoms with Crippen molar-refractivity contribution in [3.63, 3.8) is 0 Å². The molecule has 1 aromatic heterocycles. The summed E-state index contributed by atoms with van der Waals surface area (Å²) >= 11 is 1.67. The van der Waals surface area contributed by atoms with E-state index in [1.165, 1.54) is 94.8 Å². The minimum Gasteiger partial charge on any atom is -0.404 e. The molecule has 0 fully saturated rings. The molecule has 0 saturated heterocycles. The number of benzene rings is 1. The first-order valence-electron chi connectivity index (χ1n) is 16.2. The van der Waals surface area contributed by atoms with Crippen LogP contribution in [0.25, 0.3) is 0 Å². The molecule has 2 rings (SSSR count). The molecule has 1 heterocycles. The number of hydrogen-bond acceptors (Lipinski definition) is 6. The fourth-order valence-electron chi connectivity index (χ4n) is 4.93. The predicted molar refractivity (Wildman–Crippen MR) is 172 cm³/mol. The molecular weight excluding hydrogens is 569 g/mol. The number of rotatable bonds is 27. The molecule has 9 heteroatoms. The monoisotopic (exact) mass is 626 g/mol. The van der Waals surface area contributed by atoms with Crippen LogP contribution in [0.15, 0.2) is 36.0 Å². The second kappa shape index (κ2) is 23.1. The number of ether oxygens (including phenoxy) is 2. The molecule has 0 radical (unpaired) electrons. The van der Waals surface area contributed by atoms with E-state index in [0.717, 1.165) is 18.4 Å². The van der Waals surface area contributed by atoms with E-state index in [9.17, 15) is 9.46 Å². The first-order chi connectivity index (χ1) is 20.4. The lowest BCUT2D eigenvalue weighted by molar-refractivity contribution is -0.683. The van der Waals surface area contributed by atoms with Gasteiger partial charge in [0.05, 0.1) is 18.1 Å². The minimum atomic E-state index is -4.30. The SMILES string of the molecule is CCCCCCCCCCCCCCCCCCOCC(COP(=O)(O)Oc1cccc(C[n+]2csc(C)c2)c1)OC. The maximum Gasteiger partial charge on any atom is 0.527 e. The molecule has 0 spiro atoms. The number of unbranched alkanes of at least 4 members (excludes halogenated alkanes) is 15. The molecule has 0 aliphatic heterocycles. The molecule has 2 aromatic rings. The Morgan fingerprint density at radius 2 is 1.48 bits per heavy atom. The molecular formula is C33H57NO6PS+. The van der Waals surface area contributed by atoms with Gasteiger partial charge in [0.25, 0.3) is 0 Å². The van der Waals surface area contributed by atoms with Crippen LogP contribution in [-0.4, -0.2) is 37.9 Å². The lowest BCUT2D eigenvalue weighted by Crippen LogP contribution is -2.30. The van der Waals surface area contributed by atoms with Gasteiger partial charge in [-0.1, -0.05) is 127 Å². The average molecular weight is 627 g/mol. The van der Waals surface area contributed by atoms with Gasteiger partial charge in [-0.05, 0) is 25.5 Å². The molecule has 240 valence electrons. The molecule has 2 atom stereocenters. The number of phosphoric ester groups is 1. The van der Waals surface area contributed by atoms with Gasteiger partial charge in [0.2, 0.25) is 5.51 Å². The Balaban J connectivity index is 1.46. The first kappa shape index (κ1) is 36.9. The van der Waals surface area contributed by atoms with Gasteiger partial charge in [-0.3, -0.25) is 9.42 Å². The summed E-state index contributed by atoms with van der Waals surface area (Å²) in [5.41, 5.74) is 3.00. The van der Waals surface area contributed by atoms with E-state index in [2.05, 4.69) is 24.6 Å². The lowest BCUT2D eigenvalue weighted by Gasteiger charge is -2.18. The third kappa shape index (κ3) is 18.4. The summed E-state index contributed by atoms with van der Waals surface area (Å²) in [5, 5.41) is 0. The van der Waals surface area contributed by atoms with Gasteiger partial charge >= 0.3 is 7.82 Å². The minimum absolute atomic E-state index is 0.0903. The van der Waals surface area contributed by atoms with Gasteiger partial charge in [0, 0.05) is 19.3 Å². The summed E-state index contributed by atoms with van der Waals surface area (Å²) in [4.78, 5) is 11.5. The topological polar surface area (TPSA) is 78.1 Å². The standard InChI is InChI=1S/C33H56NO6PS/c1-4-5-6-7-8-9-10-11-12-13-14-15-16-17-18-19-23-38-27-33(37-3)28-39-41(35,36)40-32-22-20-21-31(24-32)26-34-25-30(2)42-29-34/h20-22,24-25,29,33H,4-19,23,26-28H2,1-3H3/p+1. The number of thiazole rings is 1. The predicted octanol–water partition coefficient (Wildman–Crippen LogP) is 9.18. The summed E-state index contributed by atoms with van der Waals surface area (Å²) < 4.78 is 36.2. The van der Waals surface area contributed by atoms with Crippen molar-refractivity contribution in [3.05, 3.63) is 46.4 Å². The van der Waals surface area contributed by atoms with Crippen molar-refractivity contribution >= 4 is 19.2 Å². The maximum atomic E-state index is 12.5. The Morgan fingerprint density at radius 1 is 0.881 bits per heavy atom. The second-order valence-electron chi connectivity index (χ2n) is 11.4. The summed E-state index contributed by atoms with van der Waals surface area (Å²) in [5.74, 6) is 0.291. The smallest absolute Gasteiger partial charge is 0.404 e. The molecule has 7 nitrogen and oxygen atoms in total. The summed E-state index contributed by atoms with van der Waals surface area (Å²) in [6.07, 6.45) is 23.1. The van der Waals surface area contributed by atoms with Crippen molar-refractivity contribution in [3.8, 4) is 5.75 Å². The highest BCUT2D eigenvalue weighted by molar-refractivity contribution is 7.47. The van der Waals surface area contributed by atoms with E-state index < -0.39 is 13.9 Å². The van der Waals surface area contributed by atoms with Crippen molar-refractivity contribution in [1.82, 2.24) is 0 Å². The lowest BCUT2D eigenvalue weighted by atomic mass is 10.0. The molecule has 0 saturated carbocycles. The second-order valence-corrected chi connectivity index (χ2v) is 13.8. The Kier molecular flexibility index (Phi) is 20.3. The zero-order chi connectivity index (χ0) is 30.3. The van der Waals surface area contributed by atoms with Crippen LogP contribution in [0, 0.1) is 6.92 Å². The number of nitrogens with zero attached hydrogens (tertiary/aromatic N) is 1. The van der Waals surface area contributed by atoms with Crippen LogP contribution in [-0.2, 0) is 25.1 Å². The quantitative estimate of drug-likeness (QED) is 0.0605. The van der Waals surface area contributed by atoms with E-state index in [1.807, 2.05) is 11.6 Å². The fraction of sp³-hybridized carbons (Fsp3) is 0.727. The van der Waals surface area contributed by atoms with Gasteiger partial charge in [0.15, 0.2) is 12.7 Å². The van der Waals surface area contributed by atoms with Crippen LogP contribution in [0.2, 0.25) is 0 Å². The van der Waals surface area contributed by atoms with Crippen molar-refractivity contribution in [2.24, 2.45) is 0 Å². The summed E-state index contributed by atoms with van der Waals surface area (Å²) in [6, 6.07) is 7.15. The van der Waals surface area contributed by atoms with Gasteiger partial charge < -0.3 is 14.0 Å². The molecule has 1 N–H and O–H groups in total. The van der Waals surface area contributed by atoms with E-state index in [1.54, 1.807) is 36.6 Å². The molecule has 42 heavy (non-hydrogen) atoms. The zero-order valence-electron chi connectivity index (χ0n) is 26.5. The fourth-order valence-corrected chi connectivity index (χ4v) is 6.35. The van der Waals surface area contributed by atoms with Crippen molar-refractivity contribution in [1.29, 1.82) is 0 Å². The number of aryl methyl sites for hydroxylation is 1. The number of hydrogen-bond donors (Lipinski definition) is 1. The first-order valence-corrected chi connectivity index (χ1v) is 18.6. The Morgan fingerprint density at radius 3 is 2.02 bits per heavy atom. The normalized spacial score (nSPS) is 13.7. The van der Waals surface area contributed by atoms with Crippen LogP contribution in [0.5, 0.6) is 5.75 Å². The highest BCUT2D eigenvalue weighted by Gasteiger charge is 2.25. The molecule has 2 unspecified atom stereocenters. The molecule has 0 aliphatic rings. The highest BCUT2D eigenvalue weighted by Crippen LogP contribution is 2.44. The number of aromatic nitrogens is 1. The van der Waals surface area contributed by atoms with E-state index in [-0.39, 0.29) is 6.61 Å². The number of phosphoric acid groups is 1. The van der Waals surface area contributed by atoms with Crippen molar-refractivity contribution in [2.75, 3.05) is 26.9 Å². The van der Waals surface area contributed by atoms with Gasteiger partial charge in [-0.2, -0.15) is 4.57 Å². The third-order valence-corrected chi connectivity index (χ3v) is 9.18. The highest BCUT2D eigenvalue weighted by atomic mass is 32.1. The average Bonchev–Trinajstić information content (AvgIpc) is 3.38. The van der Waals surface area contributed by atoms with Crippen LogP contribution in [0.1, 0.15) is 120 Å². The van der Waals surface area contributed by atoms with Crippen LogP contribution in [0.4, 0.5) is 0 Å². The summed E-state index contributed by atoms with van der Waals surface area (Å²) in [6.45, 7) is 5.86. The molecule has 0 bridgehead atoms. The zero-order valence-corrected chi connectivity index (χ0v) is 28.2. The Labute approximate surface area is 259 Å². The molecule has 0 aliphatic carbocycles. The third-order valence-electron chi connectivity index (χ3n) is 7.41. The van der Waals surface area contributed by atoms with E-state index in [4.69, 9.17) is 18.5 Å². The van der Waals surface area contributed by atoms with Crippen LogP contribution < -0.4 is 9.09 Å². The van der Waals surface area contributed by atoms with Crippen molar-refractivity contribution in [2.45, 2.75) is 129 Å². The van der Waals surface area contributed by atoms with Gasteiger partial charge in [-0.25, -0.2) is 4.57 Å².